The van der Waals surface area contributed by atoms with Crippen LogP contribution in [0.1, 0.15) is 35.9 Å². The molecule has 0 saturated carbocycles. The average Bonchev–Trinajstić information content (AvgIpc) is 3.52. The summed E-state index contributed by atoms with van der Waals surface area (Å²) in [6.45, 7) is 3.47. The van der Waals surface area contributed by atoms with Crippen molar-refractivity contribution >= 4 is 33.3 Å². The first kappa shape index (κ1) is 25.5. The van der Waals surface area contributed by atoms with Gasteiger partial charge in [-0.05, 0) is 47.5 Å². The van der Waals surface area contributed by atoms with Crippen LogP contribution in [0.5, 0.6) is 0 Å². The second-order valence-electron chi connectivity index (χ2n) is 9.28. The Kier molecular flexibility index (Phi) is 6.47. The van der Waals surface area contributed by atoms with Gasteiger partial charge < -0.3 is 5.32 Å². The van der Waals surface area contributed by atoms with Gasteiger partial charge in [0.25, 0.3) is 0 Å². The number of halogens is 4. The summed E-state index contributed by atoms with van der Waals surface area (Å²) in [6, 6.07) is 21.1. The molecule has 0 fully saturated rings. The lowest BCUT2D eigenvalue weighted by molar-refractivity contribution is -0.138. The van der Waals surface area contributed by atoms with Gasteiger partial charge in [-0.1, -0.05) is 61.6 Å². The molecule has 0 saturated heterocycles. The lowest BCUT2D eigenvalue weighted by atomic mass is 9.70. The molecule has 0 spiro atoms. The van der Waals surface area contributed by atoms with E-state index in [1.165, 1.54) is 12.1 Å². The maximum absolute atomic E-state index is 13.5. The molecule has 1 N–H and O–H groups in total. The molecule has 1 unspecified atom stereocenters. The number of nitrogens with one attached hydrogen (secondary N) is 1. The number of carbonyl (C=O) groups excluding carboxylic acids is 1. The van der Waals surface area contributed by atoms with Crippen molar-refractivity contribution in [3.63, 3.8) is 0 Å². The number of benzene rings is 3. The van der Waals surface area contributed by atoms with Crippen molar-refractivity contribution in [2.45, 2.75) is 25.9 Å². The third kappa shape index (κ3) is 4.89. The normalized spacial score (nSPS) is 13.0. The van der Waals surface area contributed by atoms with Gasteiger partial charge in [-0.15, -0.1) is 10.2 Å². The summed E-state index contributed by atoms with van der Waals surface area (Å²) < 4.78 is 54.0. The average molecular weight is 540 g/mol. The van der Waals surface area contributed by atoms with Crippen LogP contribution in [0.2, 0.25) is 0 Å². The molecule has 0 bridgehead atoms. The molecular formula is C27H21F4N5OS. The van der Waals surface area contributed by atoms with Gasteiger partial charge in [-0.2, -0.15) is 18.3 Å². The predicted molar refractivity (Wildman–Crippen MR) is 137 cm³/mol. The number of hydrogen-bond acceptors (Lipinski definition) is 5. The number of amides is 1. The van der Waals surface area contributed by atoms with Crippen LogP contribution in [-0.4, -0.2) is 25.9 Å². The zero-order chi connectivity index (χ0) is 27.1. The van der Waals surface area contributed by atoms with Crippen LogP contribution in [0.15, 0.2) is 79.0 Å². The summed E-state index contributed by atoms with van der Waals surface area (Å²) >= 11 is 0.277. The minimum absolute atomic E-state index is 0.224. The van der Waals surface area contributed by atoms with Gasteiger partial charge in [0.2, 0.25) is 16.0 Å². The van der Waals surface area contributed by atoms with Crippen molar-refractivity contribution in [3.05, 3.63) is 101 Å². The molecule has 0 radical (unpaired) electrons. The minimum Gasteiger partial charge on any atom is -0.300 e. The van der Waals surface area contributed by atoms with Crippen molar-refractivity contribution in [2.75, 3.05) is 5.32 Å². The van der Waals surface area contributed by atoms with Gasteiger partial charge in [0, 0.05) is 11.3 Å². The van der Waals surface area contributed by atoms with E-state index in [4.69, 9.17) is 0 Å². The fourth-order valence-corrected chi connectivity index (χ4v) is 5.07. The number of nitrogens with zero attached hydrogens (tertiary/aromatic N) is 4. The van der Waals surface area contributed by atoms with E-state index >= 15 is 0 Å². The van der Waals surface area contributed by atoms with E-state index in [-0.39, 0.29) is 22.3 Å². The molecule has 0 aliphatic carbocycles. The molecule has 11 heteroatoms. The zero-order valence-corrected chi connectivity index (χ0v) is 21.0. The van der Waals surface area contributed by atoms with Gasteiger partial charge >= 0.3 is 6.18 Å². The molecule has 5 aromatic rings. The molecule has 2 heterocycles. The largest absolute Gasteiger partial charge is 0.445 e. The van der Waals surface area contributed by atoms with E-state index in [9.17, 15) is 22.4 Å². The summed E-state index contributed by atoms with van der Waals surface area (Å²) in [4.78, 5) is 13.5. The Morgan fingerprint density at radius 1 is 0.947 bits per heavy atom. The topological polar surface area (TPSA) is 72.7 Å². The highest BCUT2D eigenvalue weighted by molar-refractivity contribution is 7.15. The Morgan fingerprint density at radius 3 is 2.32 bits per heavy atom. The van der Waals surface area contributed by atoms with E-state index in [1.54, 1.807) is 36.9 Å². The first-order valence-electron chi connectivity index (χ1n) is 11.5. The van der Waals surface area contributed by atoms with Crippen LogP contribution >= 0.6 is 11.3 Å². The molecule has 1 amide bonds. The molecule has 38 heavy (non-hydrogen) atoms. The molecule has 2 aromatic heterocycles. The standard InChI is InChI=1S/C27H21F4N5OS/c1-26(2,23(37)33-25-35-34-24(38-25)27(29,30)31)22(16-6-4-3-5-7-16)17-8-13-21-18(14-17)15-32-36(21)20-11-9-19(28)10-12-20/h3-15,22H,1-2H3,(H,33,35,37). The Morgan fingerprint density at radius 2 is 1.66 bits per heavy atom. The van der Waals surface area contributed by atoms with E-state index in [1.807, 2.05) is 48.5 Å². The SMILES string of the molecule is CC(C)(C(=O)Nc1nnc(C(F)(F)F)s1)C(c1ccccc1)c1ccc2c(cnn2-c2ccc(F)cc2)c1. The first-order chi connectivity index (χ1) is 18.0. The van der Waals surface area contributed by atoms with Gasteiger partial charge in [-0.3, -0.25) is 4.79 Å². The van der Waals surface area contributed by atoms with Crippen LogP contribution in [0.3, 0.4) is 0 Å². The number of rotatable bonds is 6. The highest BCUT2D eigenvalue weighted by atomic mass is 32.1. The Balaban J connectivity index is 1.52. The second kappa shape index (κ2) is 9.64. The zero-order valence-electron chi connectivity index (χ0n) is 20.2. The summed E-state index contributed by atoms with van der Waals surface area (Å²) in [5.74, 6) is -1.31. The third-order valence-corrected chi connectivity index (χ3v) is 7.21. The summed E-state index contributed by atoms with van der Waals surface area (Å²) in [7, 11) is 0. The molecular weight excluding hydrogens is 518 g/mol. The molecule has 6 nitrogen and oxygen atoms in total. The number of fused-ring (bicyclic) bond motifs is 1. The van der Waals surface area contributed by atoms with Gasteiger partial charge in [0.05, 0.1) is 22.8 Å². The molecule has 5 rings (SSSR count). The van der Waals surface area contributed by atoms with Crippen LogP contribution in [0.4, 0.5) is 22.7 Å². The molecule has 0 aliphatic heterocycles. The first-order valence-corrected chi connectivity index (χ1v) is 12.4. The third-order valence-electron chi connectivity index (χ3n) is 6.32. The summed E-state index contributed by atoms with van der Waals surface area (Å²) in [5.41, 5.74) is 2.06. The quantitative estimate of drug-likeness (QED) is 0.240. The van der Waals surface area contributed by atoms with Gasteiger partial charge in [-0.25, -0.2) is 9.07 Å². The second-order valence-corrected chi connectivity index (χ2v) is 10.3. The van der Waals surface area contributed by atoms with E-state index in [0.717, 1.165) is 22.0 Å². The van der Waals surface area contributed by atoms with Crippen LogP contribution < -0.4 is 5.32 Å². The number of alkyl halides is 3. The van der Waals surface area contributed by atoms with E-state index in [2.05, 4.69) is 20.6 Å². The van der Waals surface area contributed by atoms with Crippen molar-refractivity contribution in [3.8, 4) is 5.69 Å². The highest BCUT2D eigenvalue weighted by Crippen LogP contribution is 2.43. The lowest BCUT2D eigenvalue weighted by Crippen LogP contribution is -2.37. The molecule has 194 valence electrons. The fraction of sp³-hybridized carbons (Fsp3) is 0.185. The fourth-order valence-electron chi connectivity index (χ4n) is 4.47. The number of aromatic nitrogens is 4. The van der Waals surface area contributed by atoms with E-state index < -0.39 is 28.4 Å². The van der Waals surface area contributed by atoms with Crippen LogP contribution in [0.25, 0.3) is 16.6 Å². The molecule has 0 aliphatic rings. The van der Waals surface area contributed by atoms with Crippen molar-refractivity contribution in [1.29, 1.82) is 0 Å². The maximum atomic E-state index is 13.5. The molecule has 3 aromatic carbocycles. The van der Waals surface area contributed by atoms with Crippen molar-refractivity contribution < 1.29 is 22.4 Å². The predicted octanol–water partition coefficient (Wildman–Crippen LogP) is 6.83. The van der Waals surface area contributed by atoms with Gasteiger partial charge in [0.1, 0.15) is 5.82 Å². The summed E-state index contributed by atoms with van der Waals surface area (Å²) in [6.07, 6.45) is -2.95. The summed E-state index contributed by atoms with van der Waals surface area (Å²) in [5, 5.41) is 13.1. The smallest absolute Gasteiger partial charge is 0.300 e. The number of carbonyl (C=O) groups is 1. The number of anilines is 1. The number of hydrogen-bond donors (Lipinski definition) is 1. The highest BCUT2D eigenvalue weighted by Gasteiger charge is 2.40. The monoisotopic (exact) mass is 539 g/mol. The Hall–Kier alpha value is -4.12. The molecule has 1 atom stereocenters. The van der Waals surface area contributed by atoms with E-state index in [0.29, 0.717) is 5.69 Å². The minimum atomic E-state index is -4.64. The lowest BCUT2D eigenvalue weighted by Gasteiger charge is -2.33. The van der Waals surface area contributed by atoms with Crippen LogP contribution in [0, 0.1) is 11.2 Å². The Bertz CT molecular complexity index is 1590. The Labute approximate surface area is 219 Å². The van der Waals surface area contributed by atoms with Crippen molar-refractivity contribution in [2.24, 2.45) is 5.41 Å². The van der Waals surface area contributed by atoms with Gasteiger partial charge in [0.15, 0.2) is 0 Å². The maximum Gasteiger partial charge on any atom is 0.445 e. The van der Waals surface area contributed by atoms with Crippen molar-refractivity contribution in [1.82, 2.24) is 20.0 Å². The van der Waals surface area contributed by atoms with Crippen LogP contribution in [-0.2, 0) is 11.0 Å².